The number of hydrogen-bond donors (Lipinski definition) is 0. The zero-order chi connectivity index (χ0) is 12.2. The maximum atomic E-state index is 10.9. The highest BCUT2D eigenvalue weighted by molar-refractivity contribution is 6.62. The quantitative estimate of drug-likeness (QED) is 0.566. The molecule has 0 unspecified atom stereocenters. The maximum Gasteiger partial charge on any atom is 0.316 e. The monoisotopic (exact) mass is 247 g/mol. The molecular formula is C12H22ClNO2. The lowest BCUT2D eigenvalue weighted by Crippen LogP contribution is -2.35. The number of rotatable bonds is 3. The summed E-state index contributed by atoms with van der Waals surface area (Å²) < 4.78 is 5.70. The third-order valence-electron chi connectivity index (χ3n) is 2.92. The number of carbonyl (C=O) groups excluding carboxylic acids is 1. The van der Waals surface area contributed by atoms with Crippen LogP contribution in [0, 0.1) is 5.92 Å². The van der Waals surface area contributed by atoms with Crippen LogP contribution in [0.4, 0.5) is 4.79 Å². The molecule has 1 rings (SSSR count). The molecule has 1 aliphatic rings. The standard InChI is InChI=1S/C12H22ClNO2/c1-12(2,3)16-9-6-10-4-7-14(8-5-10)11(13)15/h10H,4-9H2,1-3H3. The third-order valence-corrected chi connectivity index (χ3v) is 3.16. The van der Waals surface area contributed by atoms with Crippen molar-refractivity contribution in [1.29, 1.82) is 0 Å². The average Bonchev–Trinajstić information content (AvgIpc) is 2.16. The Labute approximate surface area is 103 Å². The summed E-state index contributed by atoms with van der Waals surface area (Å²) in [7, 11) is 0. The largest absolute Gasteiger partial charge is 0.376 e. The first kappa shape index (κ1) is 13.8. The second-order valence-electron chi connectivity index (χ2n) is 5.43. The van der Waals surface area contributed by atoms with Crippen LogP contribution in [-0.4, -0.2) is 35.6 Å². The van der Waals surface area contributed by atoms with Gasteiger partial charge in [-0.05, 0) is 57.6 Å². The molecule has 1 heterocycles. The third kappa shape index (κ3) is 5.17. The van der Waals surface area contributed by atoms with Crippen LogP contribution in [0.2, 0.25) is 0 Å². The number of ether oxygens (including phenoxy) is 1. The zero-order valence-corrected chi connectivity index (χ0v) is 11.2. The Hall–Kier alpha value is -0.280. The van der Waals surface area contributed by atoms with E-state index in [1.165, 1.54) is 0 Å². The van der Waals surface area contributed by atoms with Crippen molar-refractivity contribution in [3.63, 3.8) is 0 Å². The van der Waals surface area contributed by atoms with Crippen LogP contribution in [0.3, 0.4) is 0 Å². The lowest BCUT2D eigenvalue weighted by molar-refractivity contribution is -0.0117. The lowest BCUT2D eigenvalue weighted by Gasteiger charge is -2.31. The van der Waals surface area contributed by atoms with Crippen LogP contribution in [0.1, 0.15) is 40.0 Å². The van der Waals surface area contributed by atoms with Crippen LogP contribution in [-0.2, 0) is 4.74 Å². The van der Waals surface area contributed by atoms with Crippen molar-refractivity contribution in [3.8, 4) is 0 Å². The zero-order valence-electron chi connectivity index (χ0n) is 10.5. The number of hydrogen-bond acceptors (Lipinski definition) is 2. The Balaban J connectivity index is 2.15. The summed E-state index contributed by atoms with van der Waals surface area (Å²) in [6.45, 7) is 8.61. The van der Waals surface area contributed by atoms with E-state index in [1.54, 1.807) is 4.90 Å². The summed E-state index contributed by atoms with van der Waals surface area (Å²) in [5, 5.41) is -0.315. The number of halogens is 1. The van der Waals surface area contributed by atoms with Gasteiger partial charge in [-0.15, -0.1) is 0 Å². The molecule has 0 saturated carbocycles. The minimum atomic E-state index is -0.315. The second kappa shape index (κ2) is 5.87. The van der Waals surface area contributed by atoms with Gasteiger partial charge in [0.2, 0.25) is 0 Å². The molecule has 1 amide bonds. The van der Waals surface area contributed by atoms with Gasteiger partial charge in [0.25, 0.3) is 0 Å². The molecule has 0 aliphatic carbocycles. The predicted octanol–water partition coefficient (Wildman–Crippen LogP) is 3.26. The number of piperidine rings is 1. The van der Waals surface area contributed by atoms with Gasteiger partial charge < -0.3 is 9.64 Å². The van der Waals surface area contributed by atoms with Gasteiger partial charge in [0.1, 0.15) is 0 Å². The molecule has 1 fully saturated rings. The van der Waals surface area contributed by atoms with E-state index >= 15 is 0 Å². The van der Waals surface area contributed by atoms with Crippen molar-refractivity contribution in [2.45, 2.75) is 45.6 Å². The summed E-state index contributed by atoms with van der Waals surface area (Å²) >= 11 is 5.43. The van der Waals surface area contributed by atoms with Gasteiger partial charge in [-0.1, -0.05) is 0 Å². The highest BCUT2D eigenvalue weighted by Gasteiger charge is 2.22. The molecule has 0 spiro atoms. The van der Waals surface area contributed by atoms with E-state index < -0.39 is 0 Å². The minimum absolute atomic E-state index is 0.0488. The van der Waals surface area contributed by atoms with Crippen LogP contribution in [0.5, 0.6) is 0 Å². The summed E-state index contributed by atoms with van der Waals surface area (Å²) in [6, 6.07) is 0. The number of carbonyl (C=O) groups is 1. The first-order valence-corrected chi connectivity index (χ1v) is 6.34. The van der Waals surface area contributed by atoms with E-state index in [1.807, 2.05) is 0 Å². The molecule has 0 aromatic heterocycles. The minimum Gasteiger partial charge on any atom is -0.376 e. The van der Waals surface area contributed by atoms with Crippen molar-refractivity contribution < 1.29 is 9.53 Å². The summed E-state index contributed by atoms with van der Waals surface area (Å²) in [4.78, 5) is 12.6. The molecule has 1 saturated heterocycles. The maximum absolute atomic E-state index is 10.9. The van der Waals surface area contributed by atoms with Gasteiger partial charge in [-0.25, -0.2) is 0 Å². The Morgan fingerprint density at radius 3 is 2.38 bits per heavy atom. The van der Waals surface area contributed by atoms with E-state index in [0.29, 0.717) is 5.92 Å². The van der Waals surface area contributed by atoms with Crippen LogP contribution in [0.15, 0.2) is 0 Å². The van der Waals surface area contributed by atoms with Gasteiger partial charge in [0, 0.05) is 19.7 Å². The van der Waals surface area contributed by atoms with E-state index in [2.05, 4.69) is 20.8 Å². The fourth-order valence-electron chi connectivity index (χ4n) is 1.93. The first-order valence-electron chi connectivity index (χ1n) is 5.97. The highest BCUT2D eigenvalue weighted by Crippen LogP contribution is 2.22. The van der Waals surface area contributed by atoms with Gasteiger partial charge in [-0.2, -0.15) is 0 Å². The lowest BCUT2D eigenvalue weighted by atomic mass is 9.94. The van der Waals surface area contributed by atoms with Gasteiger partial charge >= 0.3 is 5.37 Å². The molecule has 0 N–H and O–H groups in total. The fraction of sp³-hybridized carbons (Fsp3) is 0.917. The van der Waals surface area contributed by atoms with Crippen molar-refractivity contribution in [2.75, 3.05) is 19.7 Å². The smallest absolute Gasteiger partial charge is 0.316 e. The van der Waals surface area contributed by atoms with E-state index in [-0.39, 0.29) is 11.0 Å². The molecule has 0 atom stereocenters. The normalized spacial score (nSPS) is 18.9. The molecule has 0 radical (unpaired) electrons. The first-order chi connectivity index (χ1) is 7.38. The van der Waals surface area contributed by atoms with E-state index in [9.17, 15) is 4.79 Å². The van der Waals surface area contributed by atoms with Crippen molar-refractivity contribution in [2.24, 2.45) is 5.92 Å². The SMILES string of the molecule is CC(C)(C)OCCC1CCN(C(=O)Cl)CC1. The molecule has 16 heavy (non-hydrogen) atoms. The van der Waals surface area contributed by atoms with Gasteiger partial charge in [0.15, 0.2) is 0 Å². The molecule has 0 bridgehead atoms. The Kier molecular flexibility index (Phi) is 5.06. The topological polar surface area (TPSA) is 29.5 Å². The number of nitrogens with zero attached hydrogens (tertiary/aromatic N) is 1. The Morgan fingerprint density at radius 2 is 1.94 bits per heavy atom. The van der Waals surface area contributed by atoms with E-state index in [4.69, 9.17) is 16.3 Å². The summed E-state index contributed by atoms with van der Waals surface area (Å²) in [5.41, 5.74) is -0.0488. The average molecular weight is 248 g/mol. The van der Waals surface area contributed by atoms with Crippen LogP contribution < -0.4 is 0 Å². The predicted molar refractivity (Wildman–Crippen MR) is 65.9 cm³/mol. The number of amides is 1. The Bertz CT molecular complexity index is 230. The summed E-state index contributed by atoms with van der Waals surface area (Å²) in [5.74, 6) is 0.676. The van der Waals surface area contributed by atoms with Crippen molar-refractivity contribution >= 4 is 17.0 Å². The van der Waals surface area contributed by atoms with Crippen LogP contribution in [0.25, 0.3) is 0 Å². The van der Waals surface area contributed by atoms with Crippen molar-refractivity contribution in [1.82, 2.24) is 4.90 Å². The van der Waals surface area contributed by atoms with Gasteiger partial charge in [0.05, 0.1) is 5.60 Å². The fourth-order valence-corrected chi connectivity index (χ4v) is 2.10. The Morgan fingerprint density at radius 1 is 1.38 bits per heavy atom. The second-order valence-corrected chi connectivity index (χ2v) is 5.76. The highest BCUT2D eigenvalue weighted by atomic mass is 35.5. The van der Waals surface area contributed by atoms with Crippen LogP contribution >= 0.6 is 11.6 Å². The molecule has 0 aromatic carbocycles. The summed E-state index contributed by atoms with van der Waals surface area (Å²) in [6.07, 6.45) is 3.18. The number of likely N-dealkylation sites (tertiary alicyclic amines) is 1. The molecule has 0 aromatic rings. The van der Waals surface area contributed by atoms with E-state index in [0.717, 1.165) is 39.0 Å². The van der Waals surface area contributed by atoms with Crippen molar-refractivity contribution in [3.05, 3.63) is 0 Å². The molecule has 1 aliphatic heterocycles. The molecule has 4 heteroatoms. The van der Waals surface area contributed by atoms with Gasteiger partial charge in [-0.3, -0.25) is 4.79 Å². The molecule has 3 nitrogen and oxygen atoms in total. The molecule has 94 valence electrons. The molecular weight excluding hydrogens is 226 g/mol.